The maximum absolute atomic E-state index is 14.7. The van der Waals surface area contributed by atoms with Crippen molar-refractivity contribution in [1.29, 1.82) is 0 Å². The number of halogens is 1. The standard InChI is InChI=1S/C27H25FN8OS/c28-23-11-17(1-2-21(23)26-30-7-10-38-26)27(37)34-8-4-19(5-9-34)35-14-20(15-35)36-13-18(12-33-36)24-22-3-6-29-25(22)32-16-31-24/h1-3,6-7,10-13,16,19-20H,4-5,8-9,14-15H2,(H,29,31,32). The fourth-order valence-corrected chi connectivity index (χ4v) is 6.18. The van der Waals surface area contributed by atoms with Gasteiger partial charge in [-0.15, -0.1) is 11.3 Å². The third-order valence-electron chi connectivity index (χ3n) is 7.64. The van der Waals surface area contributed by atoms with Gasteiger partial charge in [-0.1, -0.05) is 0 Å². The van der Waals surface area contributed by atoms with Crippen molar-refractivity contribution in [2.24, 2.45) is 0 Å². The van der Waals surface area contributed by atoms with Crippen molar-refractivity contribution >= 4 is 28.3 Å². The molecule has 6 heterocycles. The second-order valence-corrected chi connectivity index (χ2v) is 10.7. The number of carbonyl (C=O) groups is 1. The number of aromatic nitrogens is 6. The van der Waals surface area contributed by atoms with Crippen molar-refractivity contribution in [1.82, 2.24) is 39.5 Å². The normalized spacial score (nSPS) is 17.2. The van der Waals surface area contributed by atoms with E-state index in [0.717, 1.165) is 48.2 Å². The summed E-state index contributed by atoms with van der Waals surface area (Å²) in [4.78, 5) is 33.4. The molecule has 9 nitrogen and oxygen atoms in total. The summed E-state index contributed by atoms with van der Waals surface area (Å²) in [6, 6.07) is 7.45. The quantitative estimate of drug-likeness (QED) is 0.367. The van der Waals surface area contributed by atoms with Crippen LogP contribution in [0.1, 0.15) is 29.2 Å². The van der Waals surface area contributed by atoms with E-state index >= 15 is 0 Å². The second kappa shape index (κ2) is 9.41. The van der Waals surface area contributed by atoms with Gasteiger partial charge in [0.15, 0.2) is 0 Å². The zero-order chi connectivity index (χ0) is 25.6. The molecule has 38 heavy (non-hydrogen) atoms. The first-order chi connectivity index (χ1) is 18.6. The van der Waals surface area contributed by atoms with Gasteiger partial charge in [0.05, 0.1) is 17.9 Å². The molecule has 0 radical (unpaired) electrons. The number of rotatable bonds is 5. The Bertz CT molecular complexity index is 1600. The van der Waals surface area contributed by atoms with E-state index < -0.39 is 5.82 Å². The number of carbonyl (C=O) groups excluding carboxylic acids is 1. The van der Waals surface area contributed by atoms with E-state index in [9.17, 15) is 9.18 Å². The average Bonchev–Trinajstić information content (AvgIpc) is 3.70. The Labute approximate surface area is 222 Å². The lowest BCUT2D eigenvalue weighted by Crippen LogP contribution is -2.56. The Balaban J connectivity index is 0.943. The number of nitrogens with zero attached hydrogens (tertiary/aromatic N) is 7. The van der Waals surface area contributed by atoms with Crippen LogP contribution in [0.2, 0.25) is 0 Å². The van der Waals surface area contributed by atoms with Gasteiger partial charge in [0, 0.05) is 78.3 Å². The third-order valence-corrected chi connectivity index (χ3v) is 8.45. The molecular weight excluding hydrogens is 503 g/mol. The van der Waals surface area contributed by atoms with E-state index in [2.05, 4.69) is 36.1 Å². The summed E-state index contributed by atoms with van der Waals surface area (Å²) in [6.07, 6.45) is 10.8. The van der Waals surface area contributed by atoms with Crippen molar-refractivity contribution in [2.45, 2.75) is 24.9 Å². The molecule has 5 aromatic rings. The number of nitrogens with one attached hydrogen (secondary N) is 1. The van der Waals surface area contributed by atoms with Crippen molar-refractivity contribution in [2.75, 3.05) is 26.2 Å². The first kappa shape index (κ1) is 23.2. The molecule has 1 N–H and O–H groups in total. The first-order valence-corrected chi connectivity index (χ1v) is 13.6. The lowest BCUT2D eigenvalue weighted by molar-refractivity contribution is 0.0198. The molecule has 0 atom stereocenters. The molecule has 0 spiro atoms. The number of benzene rings is 1. The number of piperidine rings is 1. The van der Waals surface area contributed by atoms with E-state index in [1.807, 2.05) is 33.4 Å². The maximum atomic E-state index is 14.7. The number of hydrogen-bond donors (Lipinski definition) is 1. The lowest BCUT2D eigenvalue weighted by atomic mass is 9.97. The third kappa shape index (κ3) is 4.07. The number of fused-ring (bicyclic) bond motifs is 1. The number of hydrogen-bond acceptors (Lipinski definition) is 7. The smallest absolute Gasteiger partial charge is 0.253 e. The van der Waals surface area contributed by atoms with Gasteiger partial charge in [-0.2, -0.15) is 5.10 Å². The zero-order valence-corrected chi connectivity index (χ0v) is 21.3. The fraction of sp³-hybridized carbons (Fsp3) is 0.296. The Morgan fingerprint density at radius 3 is 2.74 bits per heavy atom. The van der Waals surface area contributed by atoms with Gasteiger partial charge in [0.1, 0.15) is 22.8 Å². The summed E-state index contributed by atoms with van der Waals surface area (Å²) in [5, 5.41) is 8.03. The predicted octanol–water partition coefficient (Wildman–Crippen LogP) is 4.25. The highest BCUT2D eigenvalue weighted by molar-refractivity contribution is 7.13. The molecular formula is C27H25FN8OS. The monoisotopic (exact) mass is 528 g/mol. The van der Waals surface area contributed by atoms with Gasteiger partial charge >= 0.3 is 0 Å². The number of H-pyrrole nitrogens is 1. The van der Waals surface area contributed by atoms with Crippen LogP contribution < -0.4 is 0 Å². The van der Waals surface area contributed by atoms with Crippen LogP contribution in [0.5, 0.6) is 0 Å². The molecule has 0 bridgehead atoms. The molecule has 1 amide bonds. The van der Waals surface area contributed by atoms with Gasteiger partial charge in [0.25, 0.3) is 5.91 Å². The highest BCUT2D eigenvalue weighted by atomic mass is 32.1. The molecule has 0 unspecified atom stereocenters. The minimum atomic E-state index is -0.411. The van der Waals surface area contributed by atoms with Crippen LogP contribution in [-0.4, -0.2) is 77.6 Å². The zero-order valence-electron chi connectivity index (χ0n) is 20.5. The Morgan fingerprint density at radius 1 is 1.08 bits per heavy atom. The van der Waals surface area contributed by atoms with Crippen LogP contribution >= 0.6 is 11.3 Å². The molecule has 0 saturated carbocycles. The lowest BCUT2D eigenvalue weighted by Gasteiger charge is -2.47. The summed E-state index contributed by atoms with van der Waals surface area (Å²) >= 11 is 1.38. The molecule has 2 fully saturated rings. The van der Waals surface area contributed by atoms with Gasteiger partial charge in [-0.3, -0.25) is 14.4 Å². The summed E-state index contributed by atoms with van der Waals surface area (Å²) in [7, 11) is 0. The Hall–Kier alpha value is -3.96. The van der Waals surface area contributed by atoms with Crippen molar-refractivity contribution in [3.63, 3.8) is 0 Å². The number of amides is 1. The van der Waals surface area contributed by atoms with Crippen LogP contribution in [-0.2, 0) is 0 Å². The van der Waals surface area contributed by atoms with Gasteiger partial charge in [-0.05, 0) is 37.1 Å². The van der Waals surface area contributed by atoms with E-state index in [-0.39, 0.29) is 5.91 Å². The molecule has 2 saturated heterocycles. The minimum absolute atomic E-state index is 0.111. The van der Waals surface area contributed by atoms with Crippen LogP contribution in [0, 0.1) is 5.82 Å². The highest BCUT2D eigenvalue weighted by Gasteiger charge is 2.36. The molecule has 2 aliphatic rings. The number of likely N-dealkylation sites (tertiary alicyclic amines) is 2. The summed E-state index contributed by atoms with van der Waals surface area (Å²) in [5.41, 5.74) is 3.51. The largest absolute Gasteiger partial charge is 0.346 e. The van der Waals surface area contributed by atoms with E-state index in [1.54, 1.807) is 24.7 Å². The number of thiazole rings is 1. The van der Waals surface area contributed by atoms with E-state index in [1.165, 1.54) is 17.4 Å². The first-order valence-electron chi connectivity index (χ1n) is 12.7. The molecule has 0 aliphatic carbocycles. The molecule has 192 valence electrons. The van der Waals surface area contributed by atoms with Crippen LogP contribution in [0.3, 0.4) is 0 Å². The fourth-order valence-electron chi connectivity index (χ4n) is 5.51. The molecule has 7 rings (SSSR count). The Morgan fingerprint density at radius 2 is 1.95 bits per heavy atom. The molecule has 11 heteroatoms. The second-order valence-electron chi connectivity index (χ2n) is 9.83. The van der Waals surface area contributed by atoms with Crippen LogP contribution in [0.15, 0.2) is 60.8 Å². The SMILES string of the molecule is O=C(c1ccc(-c2nccs2)c(F)c1)N1CCC(N2CC(n3cc(-c4ncnc5[nH]ccc45)cn3)C2)CC1. The predicted molar refractivity (Wildman–Crippen MR) is 142 cm³/mol. The number of aromatic amines is 1. The Kier molecular flexibility index (Phi) is 5.74. The molecule has 1 aromatic carbocycles. The van der Waals surface area contributed by atoms with Gasteiger partial charge in [-0.25, -0.2) is 19.3 Å². The van der Waals surface area contributed by atoms with Crippen molar-refractivity contribution in [3.8, 4) is 21.8 Å². The average molecular weight is 529 g/mol. The maximum Gasteiger partial charge on any atom is 0.253 e. The molecule has 2 aliphatic heterocycles. The molecule has 4 aromatic heterocycles. The van der Waals surface area contributed by atoms with Crippen LogP contribution in [0.25, 0.3) is 32.9 Å². The van der Waals surface area contributed by atoms with Crippen molar-refractivity contribution in [3.05, 3.63) is 72.1 Å². The van der Waals surface area contributed by atoms with Crippen LogP contribution in [0.4, 0.5) is 4.39 Å². The minimum Gasteiger partial charge on any atom is -0.346 e. The topological polar surface area (TPSA) is 95.8 Å². The summed E-state index contributed by atoms with van der Waals surface area (Å²) in [5.74, 6) is -0.522. The van der Waals surface area contributed by atoms with E-state index in [0.29, 0.717) is 41.3 Å². The van der Waals surface area contributed by atoms with Gasteiger partial charge < -0.3 is 9.88 Å². The highest BCUT2D eigenvalue weighted by Crippen LogP contribution is 2.31. The van der Waals surface area contributed by atoms with Gasteiger partial charge in [0.2, 0.25) is 0 Å². The summed E-state index contributed by atoms with van der Waals surface area (Å²) < 4.78 is 16.7. The van der Waals surface area contributed by atoms with E-state index in [4.69, 9.17) is 0 Å². The van der Waals surface area contributed by atoms with Crippen molar-refractivity contribution < 1.29 is 9.18 Å². The summed E-state index contributed by atoms with van der Waals surface area (Å²) in [6.45, 7) is 3.22.